The first kappa shape index (κ1) is 19.9. The van der Waals surface area contributed by atoms with Gasteiger partial charge in [0.15, 0.2) is 11.5 Å². The molecule has 0 aromatic heterocycles. The Kier molecular flexibility index (Phi) is 5.68. The summed E-state index contributed by atoms with van der Waals surface area (Å²) in [5.74, 6) is -0.424. The maximum atomic E-state index is 13.2. The van der Waals surface area contributed by atoms with Gasteiger partial charge in [0.25, 0.3) is 0 Å². The molecule has 0 amide bonds. The molecule has 0 saturated heterocycles. The number of hydrogen-bond acceptors (Lipinski definition) is 5. The molecule has 138 valence electrons. The van der Waals surface area contributed by atoms with E-state index in [-0.39, 0.29) is 28.7 Å². The van der Waals surface area contributed by atoms with Crippen LogP contribution in [0.5, 0.6) is 11.5 Å². The second-order valence-corrected chi connectivity index (χ2v) is 6.83. The Hall–Kier alpha value is -2.44. The number of alkyl halides is 3. The van der Waals surface area contributed by atoms with Crippen LogP contribution >= 0.6 is 11.6 Å². The van der Waals surface area contributed by atoms with Gasteiger partial charge >= 0.3 is 16.3 Å². The van der Waals surface area contributed by atoms with Crippen molar-refractivity contribution < 1.29 is 30.5 Å². The third-order valence-corrected chi connectivity index (χ3v) is 4.62. The van der Waals surface area contributed by atoms with Crippen LogP contribution in [-0.4, -0.2) is 15.0 Å². The van der Waals surface area contributed by atoms with E-state index < -0.39 is 26.8 Å². The van der Waals surface area contributed by atoms with Crippen molar-refractivity contribution >= 4 is 21.7 Å². The topological polar surface area (TPSA) is 76.4 Å². The van der Waals surface area contributed by atoms with Crippen LogP contribution in [0, 0.1) is 11.3 Å². The second kappa shape index (κ2) is 7.43. The first-order valence-electron chi connectivity index (χ1n) is 7.06. The molecule has 0 N–H and O–H groups in total. The molecule has 2 aromatic carbocycles. The minimum Gasteiger partial charge on any atom is -0.490 e. The van der Waals surface area contributed by atoms with Crippen molar-refractivity contribution in [2.45, 2.75) is 18.0 Å². The zero-order valence-corrected chi connectivity index (χ0v) is 14.7. The van der Waals surface area contributed by atoms with E-state index in [1.165, 1.54) is 12.1 Å². The summed E-state index contributed by atoms with van der Waals surface area (Å²) in [7, 11) is -4.85. The van der Waals surface area contributed by atoms with Crippen LogP contribution in [0.15, 0.2) is 41.3 Å². The lowest BCUT2D eigenvalue weighted by Gasteiger charge is -2.15. The van der Waals surface area contributed by atoms with Gasteiger partial charge in [-0.1, -0.05) is 11.6 Å². The Morgan fingerprint density at radius 3 is 2.42 bits per heavy atom. The van der Waals surface area contributed by atoms with E-state index in [1.54, 1.807) is 6.92 Å². The number of benzene rings is 2. The molecule has 0 atom stereocenters. The highest BCUT2D eigenvalue weighted by Crippen LogP contribution is 2.38. The molecule has 0 spiro atoms. The van der Waals surface area contributed by atoms with Gasteiger partial charge in [0, 0.05) is 11.1 Å². The van der Waals surface area contributed by atoms with Gasteiger partial charge in [-0.3, -0.25) is 0 Å². The van der Waals surface area contributed by atoms with Gasteiger partial charge in [0.2, 0.25) is 0 Å². The second-order valence-electron chi connectivity index (χ2n) is 4.88. The Morgan fingerprint density at radius 2 is 1.85 bits per heavy atom. The van der Waals surface area contributed by atoms with E-state index in [2.05, 4.69) is 0 Å². The molecule has 0 unspecified atom stereocenters. The van der Waals surface area contributed by atoms with E-state index in [0.717, 1.165) is 12.1 Å². The van der Waals surface area contributed by atoms with Gasteiger partial charge in [-0.05, 0) is 37.3 Å². The molecule has 10 heteroatoms. The number of halogens is 4. The zero-order valence-electron chi connectivity index (χ0n) is 13.2. The lowest BCUT2D eigenvalue weighted by Crippen LogP contribution is -2.17. The van der Waals surface area contributed by atoms with Crippen LogP contribution < -0.4 is 8.92 Å². The molecule has 2 rings (SSSR count). The number of hydrogen-bond donors (Lipinski definition) is 0. The molecule has 0 saturated carbocycles. The SMILES string of the molecule is CCOc1cc(C#N)ccc1OS(=O)(=O)c1ccc(Cl)cc1C(F)(F)F. The summed E-state index contributed by atoms with van der Waals surface area (Å²) in [6, 6.07) is 7.66. The van der Waals surface area contributed by atoms with Gasteiger partial charge in [-0.25, -0.2) is 0 Å². The Bertz CT molecular complexity index is 968. The lowest BCUT2D eigenvalue weighted by molar-refractivity contribution is -0.139. The fourth-order valence-corrected chi connectivity index (χ4v) is 3.33. The number of nitrogens with zero attached hydrogens (tertiary/aromatic N) is 1. The summed E-state index contributed by atoms with van der Waals surface area (Å²) in [6.07, 6.45) is -4.95. The van der Waals surface area contributed by atoms with Crippen molar-refractivity contribution in [1.82, 2.24) is 0 Å². The number of ether oxygens (including phenoxy) is 1. The lowest BCUT2D eigenvalue weighted by atomic mass is 10.2. The van der Waals surface area contributed by atoms with E-state index >= 15 is 0 Å². The molecule has 0 heterocycles. The molecule has 0 aliphatic heterocycles. The Morgan fingerprint density at radius 1 is 1.15 bits per heavy atom. The summed E-state index contributed by atoms with van der Waals surface area (Å²) >= 11 is 5.55. The standard InChI is InChI=1S/C16H11ClF3NO4S/c1-2-24-14-7-10(9-21)3-5-13(14)25-26(22,23)15-6-4-11(17)8-12(15)16(18,19)20/h3-8H,2H2,1H3. The van der Waals surface area contributed by atoms with Gasteiger partial charge in [-0.15, -0.1) is 0 Å². The number of nitriles is 1. The predicted octanol–water partition coefficient (Wildman–Crippen LogP) is 4.40. The van der Waals surface area contributed by atoms with Gasteiger partial charge < -0.3 is 8.92 Å². The van der Waals surface area contributed by atoms with Crippen LogP contribution in [0.4, 0.5) is 13.2 Å². The molecule has 2 aromatic rings. The van der Waals surface area contributed by atoms with Crippen molar-refractivity contribution in [2.75, 3.05) is 6.61 Å². The molecule has 0 radical (unpaired) electrons. The maximum absolute atomic E-state index is 13.2. The molecule has 0 bridgehead atoms. The number of rotatable bonds is 5. The minimum atomic E-state index is -4.95. The average Bonchev–Trinajstić information content (AvgIpc) is 2.55. The molecule has 26 heavy (non-hydrogen) atoms. The fourth-order valence-electron chi connectivity index (χ4n) is 2.02. The fraction of sp³-hybridized carbons (Fsp3) is 0.188. The monoisotopic (exact) mass is 405 g/mol. The summed E-state index contributed by atoms with van der Waals surface area (Å²) in [4.78, 5) is -1.08. The normalized spacial score (nSPS) is 11.7. The Labute approximate surface area is 152 Å². The van der Waals surface area contributed by atoms with E-state index in [1.807, 2.05) is 6.07 Å². The molecular weight excluding hydrogens is 395 g/mol. The molecule has 0 aliphatic rings. The molecule has 5 nitrogen and oxygen atoms in total. The van der Waals surface area contributed by atoms with Crippen molar-refractivity contribution in [1.29, 1.82) is 5.26 Å². The minimum absolute atomic E-state index is 0.0855. The van der Waals surface area contributed by atoms with Crippen molar-refractivity contribution in [3.05, 3.63) is 52.5 Å². The van der Waals surface area contributed by atoms with Crippen molar-refractivity contribution in [3.8, 4) is 17.6 Å². The van der Waals surface area contributed by atoms with Crippen molar-refractivity contribution in [3.63, 3.8) is 0 Å². The maximum Gasteiger partial charge on any atom is 0.417 e. The van der Waals surface area contributed by atoms with Crippen LogP contribution in [0.3, 0.4) is 0 Å². The molecule has 0 fully saturated rings. The summed E-state index contributed by atoms with van der Waals surface area (Å²) in [5.41, 5.74) is -1.28. The van der Waals surface area contributed by atoms with Crippen LogP contribution in [0.2, 0.25) is 5.02 Å². The summed E-state index contributed by atoms with van der Waals surface area (Å²) in [6.45, 7) is 1.73. The Balaban J connectivity index is 2.53. The zero-order chi connectivity index (χ0) is 19.5. The largest absolute Gasteiger partial charge is 0.490 e. The van der Waals surface area contributed by atoms with E-state index in [4.69, 9.17) is 25.8 Å². The van der Waals surface area contributed by atoms with Gasteiger partial charge in [0.05, 0.1) is 23.8 Å². The molecular formula is C16H11ClF3NO4S. The van der Waals surface area contributed by atoms with Gasteiger partial charge in [0.1, 0.15) is 4.90 Å². The molecule has 0 aliphatic carbocycles. The first-order chi connectivity index (χ1) is 12.1. The highest BCUT2D eigenvalue weighted by molar-refractivity contribution is 7.87. The summed E-state index contributed by atoms with van der Waals surface area (Å²) in [5, 5.41) is 8.61. The van der Waals surface area contributed by atoms with E-state index in [9.17, 15) is 21.6 Å². The quantitative estimate of drug-likeness (QED) is 0.689. The highest BCUT2D eigenvalue weighted by Gasteiger charge is 2.38. The highest BCUT2D eigenvalue weighted by atomic mass is 35.5. The first-order valence-corrected chi connectivity index (χ1v) is 8.85. The van der Waals surface area contributed by atoms with Crippen LogP contribution in [-0.2, 0) is 16.3 Å². The van der Waals surface area contributed by atoms with Crippen molar-refractivity contribution in [2.24, 2.45) is 0 Å². The summed E-state index contributed by atoms with van der Waals surface area (Å²) < 4.78 is 74.3. The predicted molar refractivity (Wildman–Crippen MR) is 86.6 cm³/mol. The third kappa shape index (κ3) is 4.39. The third-order valence-electron chi connectivity index (χ3n) is 3.09. The smallest absolute Gasteiger partial charge is 0.417 e. The van der Waals surface area contributed by atoms with Crippen LogP contribution in [0.25, 0.3) is 0 Å². The van der Waals surface area contributed by atoms with E-state index in [0.29, 0.717) is 12.1 Å². The average molecular weight is 406 g/mol. The van der Waals surface area contributed by atoms with Gasteiger partial charge in [-0.2, -0.15) is 26.9 Å². The van der Waals surface area contributed by atoms with Crippen LogP contribution in [0.1, 0.15) is 18.1 Å².